The SMILES string of the molecule is CCCOC(=O)c1c(C(=O)c2ccccc2)c(O)c(O)c(OC(=O)c2ccccc2)c1C(=O)c1cccc(C(C)=O)c1. The van der Waals surface area contributed by atoms with Crippen LogP contribution in [-0.2, 0) is 4.74 Å². The summed E-state index contributed by atoms with van der Waals surface area (Å²) >= 11 is 0. The van der Waals surface area contributed by atoms with Crippen molar-refractivity contribution in [3.05, 3.63) is 124 Å². The predicted molar refractivity (Wildman–Crippen MR) is 151 cm³/mol. The number of carbonyl (C=O) groups is 5. The number of hydrogen-bond donors (Lipinski definition) is 2. The molecule has 0 spiro atoms. The summed E-state index contributed by atoms with van der Waals surface area (Å²) in [5.74, 6) is -7.48. The molecule has 212 valence electrons. The summed E-state index contributed by atoms with van der Waals surface area (Å²) in [5, 5.41) is 22.3. The van der Waals surface area contributed by atoms with Gasteiger partial charge in [-0.1, -0.05) is 73.7 Å². The summed E-state index contributed by atoms with van der Waals surface area (Å²) < 4.78 is 10.7. The van der Waals surface area contributed by atoms with Crippen LogP contribution in [-0.4, -0.2) is 46.1 Å². The van der Waals surface area contributed by atoms with Crippen LogP contribution in [0.1, 0.15) is 83.2 Å². The highest BCUT2D eigenvalue weighted by Gasteiger charge is 2.37. The molecule has 0 aliphatic heterocycles. The summed E-state index contributed by atoms with van der Waals surface area (Å²) in [5.41, 5.74) is -2.01. The van der Waals surface area contributed by atoms with Crippen molar-refractivity contribution in [2.45, 2.75) is 20.3 Å². The second-order valence-corrected chi connectivity index (χ2v) is 9.20. The van der Waals surface area contributed by atoms with Crippen LogP contribution in [0.5, 0.6) is 17.2 Å². The van der Waals surface area contributed by atoms with Gasteiger partial charge in [-0.3, -0.25) is 14.4 Å². The van der Waals surface area contributed by atoms with Crippen LogP contribution < -0.4 is 4.74 Å². The van der Waals surface area contributed by atoms with Crippen LogP contribution in [0.2, 0.25) is 0 Å². The molecule has 0 saturated heterocycles. The van der Waals surface area contributed by atoms with Crippen molar-refractivity contribution in [1.82, 2.24) is 0 Å². The van der Waals surface area contributed by atoms with Gasteiger partial charge in [0.1, 0.15) is 0 Å². The van der Waals surface area contributed by atoms with E-state index < -0.39 is 57.4 Å². The summed E-state index contributed by atoms with van der Waals surface area (Å²) in [6.07, 6.45) is 0.386. The minimum atomic E-state index is -1.17. The number of benzene rings is 4. The van der Waals surface area contributed by atoms with Crippen LogP contribution in [0.3, 0.4) is 0 Å². The van der Waals surface area contributed by atoms with Crippen LogP contribution in [0.4, 0.5) is 0 Å². The molecule has 0 radical (unpaired) electrons. The van der Waals surface area contributed by atoms with Gasteiger partial charge in [-0.2, -0.15) is 0 Å². The van der Waals surface area contributed by atoms with Crippen molar-refractivity contribution in [3.8, 4) is 17.2 Å². The molecule has 4 aromatic carbocycles. The fourth-order valence-electron chi connectivity index (χ4n) is 4.19. The fraction of sp³-hybridized carbons (Fsp3) is 0.121. The van der Waals surface area contributed by atoms with Gasteiger partial charge in [-0.15, -0.1) is 0 Å². The van der Waals surface area contributed by atoms with Gasteiger partial charge in [0, 0.05) is 16.7 Å². The van der Waals surface area contributed by atoms with Crippen molar-refractivity contribution >= 4 is 29.3 Å². The fourth-order valence-corrected chi connectivity index (χ4v) is 4.19. The van der Waals surface area contributed by atoms with Crippen LogP contribution in [0.25, 0.3) is 0 Å². The molecule has 0 fully saturated rings. The lowest BCUT2D eigenvalue weighted by molar-refractivity contribution is 0.0496. The van der Waals surface area contributed by atoms with Crippen molar-refractivity contribution in [1.29, 1.82) is 0 Å². The first-order valence-electron chi connectivity index (χ1n) is 13.0. The third-order valence-corrected chi connectivity index (χ3v) is 6.27. The monoisotopic (exact) mass is 566 g/mol. The van der Waals surface area contributed by atoms with Crippen molar-refractivity contribution in [3.63, 3.8) is 0 Å². The highest BCUT2D eigenvalue weighted by molar-refractivity contribution is 6.24. The van der Waals surface area contributed by atoms with E-state index in [1.54, 1.807) is 43.3 Å². The number of esters is 2. The molecule has 42 heavy (non-hydrogen) atoms. The number of hydrogen-bond acceptors (Lipinski definition) is 9. The molecular formula is C33H26O9. The molecule has 0 aliphatic carbocycles. The zero-order valence-electron chi connectivity index (χ0n) is 22.7. The molecule has 9 heteroatoms. The Bertz CT molecular complexity index is 1690. The molecule has 0 atom stereocenters. The Balaban J connectivity index is 2.07. The molecule has 0 aliphatic rings. The lowest BCUT2D eigenvalue weighted by atomic mass is 9.88. The van der Waals surface area contributed by atoms with E-state index in [2.05, 4.69) is 0 Å². The highest BCUT2D eigenvalue weighted by Crippen LogP contribution is 2.46. The first-order chi connectivity index (χ1) is 20.1. The van der Waals surface area contributed by atoms with E-state index in [-0.39, 0.29) is 34.6 Å². The van der Waals surface area contributed by atoms with Gasteiger partial charge in [-0.25, -0.2) is 9.59 Å². The Morgan fingerprint density at radius 3 is 1.76 bits per heavy atom. The number of phenolic OH excluding ortho intramolecular Hbond substituents is 2. The molecule has 0 saturated carbocycles. The standard InChI is InChI=1S/C33H26O9/c1-3-17-41-33(40)24-25(27(35)20-11-6-4-7-12-20)29(37)30(38)31(42-32(39)21-13-8-5-9-14-21)26(24)28(36)23-16-10-15-22(18-23)19(2)34/h4-16,18,37-38H,3,17H2,1-2H3. The summed E-state index contributed by atoms with van der Waals surface area (Å²) in [7, 11) is 0. The minimum Gasteiger partial charge on any atom is -0.504 e. The van der Waals surface area contributed by atoms with Crippen LogP contribution in [0, 0.1) is 0 Å². The topological polar surface area (TPSA) is 144 Å². The normalized spacial score (nSPS) is 10.5. The molecule has 4 rings (SSSR count). The Morgan fingerprint density at radius 2 is 1.17 bits per heavy atom. The smallest absolute Gasteiger partial charge is 0.343 e. The van der Waals surface area contributed by atoms with Gasteiger partial charge in [0.2, 0.25) is 5.75 Å². The maximum Gasteiger partial charge on any atom is 0.343 e. The van der Waals surface area contributed by atoms with Crippen molar-refractivity contribution in [2.24, 2.45) is 0 Å². The minimum absolute atomic E-state index is 0.0303. The third kappa shape index (κ3) is 5.95. The van der Waals surface area contributed by atoms with Gasteiger partial charge in [-0.05, 0) is 31.5 Å². The van der Waals surface area contributed by atoms with E-state index in [9.17, 15) is 34.2 Å². The molecule has 0 unspecified atom stereocenters. The molecule has 2 N–H and O–H groups in total. The molecule has 4 aromatic rings. The Hall–Kier alpha value is -5.57. The maximum absolute atomic E-state index is 14.1. The molecular weight excluding hydrogens is 540 g/mol. The van der Waals surface area contributed by atoms with Gasteiger partial charge in [0.05, 0.1) is 28.9 Å². The quantitative estimate of drug-likeness (QED) is 0.109. The van der Waals surface area contributed by atoms with E-state index in [1.807, 2.05) is 0 Å². The number of ketones is 3. The number of phenols is 2. The number of carbonyl (C=O) groups excluding carboxylic acids is 5. The van der Waals surface area contributed by atoms with E-state index >= 15 is 0 Å². The Labute approximate surface area is 241 Å². The van der Waals surface area contributed by atoms with E-state index in [0.29, 0.717) is 6.42 Å². The molecule has 0 aromatic heterocycles. The average Bonchev–Trinajstić information content (AvgIpc) is 3.02. The Kier molecular flexibility index (Phi) is 8.92. The summed E-state index contributed by atoms with van der Waals surface area (Å²) in [4.78, 5) is 66.5. The molecule has 0 amide bonds. The zero-order chi connectivity index (χ0) is 30.4. The molecule has 9 nitrogen and oxygen atoms in total. The first-order valence-corrected chi connectivity index (χ1v) is 13.0. The number of aromatic hydroxyl groups is 2. The highest BCUT2D eigenvalue weighted by atomic mass is 16.5. The number of Topliss-reactive ketones (excluding diaryl/α,β-unsaturated/α-hetero) is 1. The Morgan fingerprint density at radius 1 is 0.619 bits per heavy atom. The molecule has 0 bridgehead atoms. The van der Waals surface area contributed by atoms with Crippen molar-refractivity contribution < 1.29 is 43.7 Å². The van der Waals surface area contributed by atoms with Gasteiger partial charge >= 0.3 is 11.9 Å². The van der Waals surface area contributed by atoms with Gasteiger partial charge in [0.25, 0.3) is 0 Å². The lowest BCUT2D eigenvalue weighted by Crippen LogP contribution is -2.22. The molecule has 0 heterocycles. The van der Waals surface area contributed by atoms with Gasteiger partial charge in [0.15, 0.2) is 28.8 Å². The van der Waals surface area contributed by atoms with Crippen LogP contribution >= 0.6 is 0 Å². The largest absolute Gasteiger partial charge is 0.504 e. The van der Waals surface area contributed by atoms with Crippen LogP contribution in [0.15, 0.2) is 84.9 Å². The van der Waals surface area contributed by atoms with Gasteiger partial charge < -0.3 is 19.7 Å². The van der Waals surface area contributed by atoms with E-state index in [4.69, 9.17) is 9.47 Å². The summed E-state index contributed by atoms with van der Waals surface area (Å²) in [6.45, 7) is 2.92. The summed E-state index contributed by atoms with van der Waals surface area (Å²) in [6, 6.07) is 20.7. The second-order valence-electron chi connectivity index (χ2n) is 9.20. The van der Waals surface area contributed by atoms with E-state index in [1.165, 1.54) is 55.5 Å². The predicted octanol–water partition coefficient (Wildman–Crippen LogP) is 5.55. The second kappa shape index (κ2) is 12.7. The average molecular weight is 567 g/mol. The van der Waals surface area contributed by atoms with Crippen molar-refractivity contribution in [2.75, 3.05) is 6.61 Å². The first kappa shape index (κ1) is 29.4. The number of ether oxygens (including phenoxy) is 2. The third-order valence-electron chi connectivity index (χ3n) is 6.27. The number of rotatable bonds is 10. The lowest BCUT2D eigenvalue weighted by Gasteiger charge is -2.20. The maximum atomic E-state index is 14.1. The zero-order valence-corrected chi connectivity index (χ0v) is 22.7. The van der Waals surface area contributed by atoms with E-state index in [0.717, 1.165) is 0 Å².